The maximum atomic E-state index is 12.3. The molecule has 10 nitrogen and oxygen atoms in total. The van der Waals surface area contributed by atoms with E-state index in [0.717, 1.165) is 50.1 Å². The third-order valence-corrected chi connectivity index (χ3v) is 8.32. The van der Waals surface area contributed by atoms with Crippen molar-refractivity contribution >= 4 is 47.7 Å². The molecule has 2 aromatic rings. The first kappa shape index (κ1) is 31.2. The lowest BCUT2D eigenvalue weighted by atomic mass is 10.0. The van der Waals surface area contributed by atoms with Crippen LogP contribution < -0.4 is 16.0 Å². The normalized spacial score (nSPS) is 17.2. The SMILES string of the molecule is CCC1=C(C)C(=O)N=C1/C=c1\[nH]/c(=C\c2[nH]c(/C=C3/NC(=O)C(C)=C3CC)c(CCC(=O)O)c2C)c(C)c1CCC(=O)O. The zero-order valence-corrected chi connectivity index (χ0v) is 25.4. The Morgan fingerprint density at radius 1 is 0.744 bits per heavy atom. The largest absolute Gasteiger partial charge is 0.481 e. The minimum Gasteiger partial charge on any atom is -0.481 e. The van der Waals surface area contributed by atoms with Crippen molar-refractivity contribution in [2.75, 3.05) is 0 Å². The number of allylic oxidation sites excluding steroid dienone is 2. The van der Waals surface area contributed by atoms with Gasteiger partial charge < -0.3 is 25.5 Å². The van der Waals surface area contributed by atoms with Gasteiger partial charge in [0.1, 0.15) is 0 Å². The smallest absolute Gasteiger partial charge is 0.303 e. The van der Waals surface area contributed by atoms with Gasteiger partial charge in [-0.15, -0.1) is 0 Å². The number of aromatic amines is 2. The third kappa shape index (κ3) is 6.38. The molecule has 0 aliphatic carbocycles. The van der Waals surface area contributed by atoms with Gasteiger partial charge >= 0.3 is 11.9 Å². The zero-order valence-electron chi connectivity index (χ0n) is 25.4. The molecular formula is C33H38N4O6. The van der Waals surface area contributed by atoms with E-state index in [2.05, 4.69) is 20.3 Å². The van der Waals surface area contributed by atoms with Gasteiger partial charge in [0.25, 0.3) is 11.8 Å². The van der Waals surface area contributed by atoms with Crippen LogP contribution in [-0.4, -0.2) is 49.6 Å². The summed E-state index contributed by atoms with van der Waals surface area (Å²) in [4.78, 5) is 58.6. The molecular weight excluding hydrogens is 548 g/mol. The minimum absolute atomic E-state index is 0.0519. The van der Waals surface area contributed by atoms with Crippen LogP contribution in [0.15, 0.2) is 33.0 Å². The summed E-state index contributed by atoms with van der Waals surface area (Å²) in [5.74, 6) is -2.23. The van der Waals surface area contributed by atoms with E-state index in [4.69, 9.17) is 0 Å². The van der Waals surface area contributed by atoms with E-state index in [1.54, 1.807) is 13.8 Å². The summed E-state index contributed by atoms with van der Waals surface area (Å²) in [6, 6.07) is 0. The van der Waals surface area contributed by atoms with Crippen molar-refractivity contribution in [2.24, 2.45) is 4.99 Å². The van der Waals surface area contributed by atoms with E-state index in [0.29, 0.717) is 53.6 Å². The predicted octanol–water partition coefficient (Wildman–Crippen LogP) is 3.51. The quantitative estimate of drug-likeness (QED) is 0.270. The molecule has 0 fully saturated rings. The fourth-order valence-corrected chi connectivity index (χ4v) is 5.78. The lowest BCUT2D eigenvalue weighted by Crippen LogP contribution is -2.15. The standard InChI is InChI=1S/C33H38N4O6/c1-7-20-18(5)32(42)36-26(20)14-28-22(9-11-30(38)39)16(3)24(34-28)13-25-17(4)23(10-12-31(40)41)29(35-25)15-27-21(8-2)19(6)33(43)37-27/h13-15,34-35H,7-12H2,1-6H3,(H,36,42)(H,38,39)(H,40,41)/b25-13-,26-14+,29-15-. The number of carbonyl (C=O) groups is 4. The van der Waals surface area contributed by atoms with Crippen LogP contribution in [0, 0.1) is 13.8 Å². The number of hydrogen-bond acceptors (Lipinski definition) is 4. The Morgan fingerprint density at radius 3 is 1.98 bits per heavy atom. The molecule has 43 heavy (non-hydrogen) atoms. The molecule has 5 N–H and O–H groups in total. The number of carboxylic acid groups (broad SMARTS) is 2. The van der Waals surface area contributed by atoms with Crippen LogP contribution in [0.3, 0.4) is 0 Å². The zero-order chi connectivity index (χ0) is 31.6. The Hall–Kier alpha value is -4.73. The van der Waals surface area contributed by atoms with Gasteiger partial charge in [-0.2, -0.15) is 0 Å². The van der Waals surface area contributed by atoms with Crippen molar-refractivity contribution in [3.05, 3.63) is 72.3 Å². The van der Waals surface area contributed by atoms with Crippen LogP contribution in [-0.2, 0) is 32.0 Å². The van der Waals surface area contributed by atoms with Gasteiger partial charge in [0, 0.05) is 51.8 Å². The Balaban J connectivity index is 1.89. The molecule has 0 aromatic carbocycles. The van der Waals surface area contributed by atoms with E-state index < -0.39 is 11.9 Å². The number of H-pyrrole nitrogens is 2. The van der Waals surface area contributed by atoms with Crippen LogP contribution in [0.5, 0.6) is 0 Å². The number of nitrogens with zero attached hydrogens (tertiary/aromatic N) is 1. The highest BCUT2D eigenvalue weighted by Crippen LogP contribution is 2.28. The molecule has 4 heterocycles. The average molecular weight is 587 g/mol. The van der Waals surface area contributed by atoms with E-state index in [9.17, 15) is 29.4 Å². The first-order valence-corrected chi connectivity index (χ1v) is 14.5. The Bertz CT molecular complexity index is 1790. The fourth-order valence-electron chi connectivity index (χ4n) is 5.78. The molecule has 0 saturated carbocycles. The summed E-state index contributed by atoms with van der Waals surface area (Å²) in [6.45, 7) is 11.3. The van der Waals surface area contributed by atoms with E-state index >= 15 is 0 Å². The van der Waals surface area contributed by atoms with Crippen LogP contribution in [0.4, 0.5) is 0 Å². The van der Waals surface area contributed by atoms with E-state index in [-0.39, 0.29) is 24.7 Å². The van der Waals surface area contributed by atoms with Gasteiger partial charge in [0.15, 0.2) is 0 Å². The fraction of sp³-hybridized carbons (Fsp3) is 0.364. The monoisotopic (exact) mass is 586 g/mol. The van der Waals surface area contributed by atoms with Crippen molar-refractivity contribution in [3.63, 3.8) is 0 Å². The summed E-state index contributed by atoms with van der Waals surface area (Å²) in [5, 5.41) is 23.2. The second-order valence-corrected chi connectivity index (χ2v) is 10.9. The number of carboxylic acids is 2. The predicted molar refractivity (Wildman–Crippen MR) is 165 cm³/mol. The number of amides is 2. The molecule has 4 rings (SSSR count). The molecule has 0 atom stereocenters. The summed E-state index contributed by atoms with van der Waals surface area (Å²) < 4.78 is 0. The molecule has 2 aromatic heterocycles. The Morgan fingerprint density at radius 2 is 1.37 bits per heavy atom. The van der Waals surface area contributed by atoms with Gasteiger partial charge in [-0.25, -0.2) is 4.99 Å². The maximum Gasteiger partial charge on any atom is 0.303 e. The molecule has 0 saturated heterocycles. The maximum absolute atomic E-state index is 12.3. The third-order valence-electron chi connectivity index (χ3n) is 8.32. The molecule has 226 valence electrons. The number of nitrogens with one attached hydrogen (secondary N) is 3. The van der Waals surface area contributed by atoms with Gasteiger partial charge in [0.05, 0.1) is 5.71 Å². The topological polar surface area (TPSA) is 165 Å². The van der Waals surface area contributed by atoms with Crippen molar-refractivity contribution in [2.45, 2.75) is 80.1 Å². The highest BCUT2D eigenvalue weighted by atomic mass is 16.4. The lowest BCUT2D eigenvalue weighted by molar-refractivity contribution is -0.138. The minimum atomic E-state index is -0.911. The Labute approximate surface area is 249 Å². The van der Waals surface area contributed by atoms with E-state index in [1.807, 2.05) is 45.9 Å². The molecule has 2 aliphatic rings. The molecule has 2 aliphatic heterocycles. The van der Waals surface area contributed by atoms with E-state index in [1.165, 1.54) is 0 Å². The van der Waals surface area contributed by atoms with Crippen LogP contribution in [0.2, 0.25) is 0 Å². The highest BCUT2D eigenvalue weighted by molar-refractivity contribution is 6.30. The number of carbonyl (C=O) groups excluding carboxylic acids is 2. The van der Waals surface area contributed by atoms with Crippen LogP contribution >= 0.6 is 0 Å². The summed E-state index contributed by atoms with van der Waals surface area (Å²) in [7, 11) is 0. The molecule has 10 heteroatoms. The van der Waals surface area contributed by atoms with Crippen LogP contribution in [0.25, 0.3) is 18.2 Å². The second-order valence-electron chi connectivity index (χ2n) is 10.9. The number of rotatable bonds is 11. The average Bonchev–Trinajstić information content (AvgIpc) is 3.59. The van der Waals surface area contributed by atoms with Gasteiger partial charge in [-0.05, 0) is 105 Å². The molecule has 2 amide bonds. The number of aliphatic carboxylic acids is 2. The molecule has 0 radical (unpaired) electrons. The highest BCUT2D eigenvalue weighted by Gasteiger charge is 2.24. The number of hydrogen-bond donors (Lipinski definition) is 5. The van der Waals surface area contributed by atoms with Crippen molar-refractivity contribution in [1.82, 2.24) is 15.3 Å². The van der Waals surface area contributed by atoms with Gasteiger partial charge in [-0.3, -0.25) is 19.2 Å². The second kappa shape index (κ2) is 12.6. The molecule has 0 spiro atoms. The summed E-state index contributed by atoms with van der Waals surface area (Å²) in [6.07, 6.45) is 7.40. The number of aromatic nitrogens is 2. The number of aliphatic imine (C=N–C) groups is 1. The molecule has 0 unspecified atom stereocenters. The molecule has 0 bridgehead atoms. The summed E-state index contributed by atoms with van der Waals surface area (Å²) in [5.41, 5.74) is 9.21. The van der Waals surface area contributed by atoms with Crippen molar-refractivity contribution in [1.29, 1.82) is 0 Å². The van der Waals surface area contributed by atoms with Crippen molar-refractivity contribution in [3.8, 4) is 0 Å². The first-order valence-electron chi connectivity index (χ1n) is 14.5. The van der Waals surface area contributed by atoms with Crippen LogP contribution in [0.1, 0.15) is 87.0 Å². The van der Waals surface area contributed by atoms with Gasteiger partial charge in [-0.1, -0.05) is 13.8 Å². The summed E-state index contributed by atoms with van der Waals surface area (Å²) >= 11 is 0. The van der Waals surface area contributed by atoms with Gasteiger partial charge in [0.2, 0.25) is 0 Å². The Kier molecular flexibility index (Phi) is 9.18. The van der Waals surface area contributed by atoms with Crippen molar-refractivity contribution < 1.29 is 29.4 Å². The first-order chi connectivity index (χ1) is 20.4. The lowest BCUT2D eigenvalue weighted by Gasteiger charge is -2.05.